The monoisotopic (exact) mass is 243 g/mol. The molecule has 0 amide bonds. The Bertz CT molecular complexity index is 528. The second kappa shape index (κ2) is 5.40. The summed E-state index contributed by atoms with van der Waals surface area (Å²) < 4.78 is 5.84. The number of furan rings is 1. The van der Waals surface area contributed by atoms with E-state index in [0.29, 0.717) is 0 Å². The van der Waals surface area contributed by atoms with Gasteiger partial charge in [-0.1, -0.05) is 26.0 Å². The normalized spacial score (nSPS) is 12.7. The number of hydrogen-bond donors (Lipinski definition) is 1. The van der Waals surface area contributed by atoms with Crippen molar-refractivity contribution in [1.82, 2.24) is 0 Å². The van der Waals surface area contributed by atoms with Crippen molar-refractivity contribution in [1.29, 1.82) is 0 Å². The lowest BCUT2D eigenvalue weighted by atomic mass is 10.0. The molecule has 1 aromatic carbocycles. The van der Waals surface area contributed by atoms with E-state index in [2.05, 4.69) is 39.0 Å². The molecule has 0 radical (unpaired) electrons. The fraction of sp³-hybridized carbons (Fsp3) is 0.375. The van der Waals surface area contributed by atoms with Crippen molar-refractivity contribution in [3.63, 3.8) is 0 Å². The topological polar surface area (TPSA) is 39.2 Å². The molecule has 2 aromatic rings. The Morgan fingerprint density at radius 1 is 1.17 bits per heavy atom. The smallest absolute Gasteiger partial charge is 0.134 e. The van der Waals surface area contributed by atoms with Crippen LogP contribution in [0, 0.1) is 6.92 Å². The van der Waals surface area contributed by atoms with Gasteiger partial charge >= 0.3 is 0 Å². The van der Waals surface area contributed by atoms with E-state index in [-0.39, 0.29) is 6.04 Å². The van der Waals surface area contributed by atoms with Gasteiger partial charge in [0, 0.05) is 5.56 Å². The first-order valence-corrected chi connectivity index (χ1v) is 6.60. The molecule has 0 bridgehead atoms. The van der Waals surface area contributed by atoms with Crippen LogP contribution < -0.4 is 5.73 Å². The van der Waals surface area contributed by atoms with Crippen molar-refractivity contribution < 1.29 is 4.42 Å². The fourth-order valence-electron chi connectivity index (χ4n) is 2.11. The molecule has 2 rings (SSSR count). The maximum Gasteiger partial charge on any atom is 0.134 e. The lowest BCUT2D eigenvalue weighted by molar-refractivity contribution is 0.470. The largest absolute Gasteiger partial charge is 0.459 e. The van der Waals surface area contributed by atoms with Crippen molar-refractivity contribution in [2.45, 2.75) is 39.7 Å². The van der Waals surface area contributed by atoms with Gasteiger partial charge in [-0.2, -0.15) is 0 Å². The summed E-state index contributed by atoms with van der Waals surface area (Å²) in [7, 11) is 0. The van der Waals surface area contributed by atoms with Gasteiger partial charge in [-0.15, -0.1) is 0 Å². The lowest BCUT2D eigenvalue weighted by Gasteiger charge is -2.06. The van der Waals surface area contributed by atoms with Crippen LogP contribution in [-0.4, -0.2) is 0 Å². The van der Waals surface area contributed by atoms with Gasteiger partial charge in [0.25, 0.3) is 0 Å². The van der Waals surface area contributed by atoms with Gasteiger partial charge < -0.3 is 10.2 Å². The van der Waals surface area contributed by atoms with Gasteiger partial charge in [0.1, 0.15) is 11.5 Å². The summed E-state index contributed by atoms with van der Waals surface area (Å²) in [6, 6.07) is 10.4. The van der Waals surface area contributed by atoms with E-state index in [1.807, 2.05) is 12.1 Å². The molecule has 1 atom stereocenters. The number of aryl methyl sites for hydroxylation is 2. The summed E-state index contributed by atoms with van der Waals surface area (Å²) in [5, 5.41) is 0. The van der Waals surface area contributed by atoms with Crippen LogP contribution in [-0.2, 0) is 6.42 Å². The van der Waals surface area contributed by atoms with Crippen molar-refractivity contribution in [2.75, 3.05) is 0 Å². The Labute approximate surface area is 109 Å². The van der Waals surface area contributed by atoms with Gasteiger partial charge in [0.05, 0.1) is 6.04 Å². The number of rotatable bonds is 4. The van der Waals surface area contributed by atoms with Crippen LogP contribution in [0.3, 0.4) is 0 Å². The minimum atomic E-state index is -0.00477. The molecule has 0 aliphatic carbocycles. The standard InChI is InChI=1S/C16H21NO/c1-4-12-10-13(7-6-11(12)3)15-8-9-16(18-15)14(17)5-2/h6-10,14H,4-5,17H2,1-3H3. The first-order valence-electron chi connectivity index (χ1n) is 6.60. The van der Waals surface area contributed by atoms with Crippen LogP contribution in [0.15, 0.2) is 34.7 Å². The van der Waals surface area contributed by atoms with Gasteiger partial charge in [-0.3, -0.25) is 0 Å². The zero-order chi connectivity index (χ0) is 13.1. The van der Waals surface area contributed by atoms with E-state index in [4.69, 9.17) is 10.2 Å². The van der Waals surface area contributed by atoms with E-state index >= 15 is 0 Å². The summed E-state index contributed by atoms with van der Waals surface area (Å²) >= 11 is 0. The van der Waals surface area contributed by atoms with Gasteiger partial charge in [-0.25, -0.2) is 0 Å². The molecular weight excluding hydrogens is 222 g/mol. The van der Waals surface area contributed by atoms with Gasteiger partial charge in [0.15, 0.2) is 0 Å². The molecule has 1 unspecified atom stereocenters. The molecule has 0 aliphatic rings. The molecule has 1 aromatic heterocycles. The third-order valence-electron chi connectivity index (χ3n) is 3.45. The predicted molar refractivity (Wildman–Crippen MR) is 75.5 cm³/mol. The fourth-order valence-corrected chi connectivity index (χ4v) is 2.11. The maximum atomic E-state index is 5.97. The molecule has 2 heteroatoms. The van der Waals surface area contributed by atoms with E-state index < -0.39 is 0 Å². The average molecular weight is 243 g/mol. The maximum absolute atomic E-state index is 5.97. The molecule has 0 saturated heterocycles. The van der Waals surface area contributed by atoms with Crippen LogP contribution in [0.2, 0.25) is 0 Å². The number of nitrogens with two attached hydrogens (primary N) is 1. The highest BCUT2D eigenvalue weighted by Gasteiger charge is 2.10. The first-order chi connectivity index (χ1) is 8.65. The Morgan fingerprint density at radius 2 is 1.94 bits per heavy atom. The third-order valence-corrected chi connectivity index (χ3v) is 3.45. The lowest BCUT2D eigenvalue weighted by Crippen LogP contribution is -2.06. The molecule has 0 saturated carbocycles. The van der Waals surface area contributed by atoms with Gasteiger partial charge in [0.2, 0.25) is 0 Å². The minimum Gasteiger partial charge on any atom is -0.459 e. The van der Waals surface area contributed by atoms with Crippen LogP contribution in [0.1, 0.15) is 43.2 Å². The Morgan fingerprint density at radius 3 is 2.61 bits per heavy atom. The predicted octanol–water partition coefficient (Wildman–Crippen LogP) is 4.23. The molecule has 0 fully saturated rings. The SMILES string of the molecule is CCc1cc(-c2ccc(C(N)CC)o2)ccc1C. The number of benzene rings is 1. The molecule has 2 N–H and O–H groups in total. The highest BCUT2D eigenvalue weighted by atomic mass is 16.3. The Balaban J connectivity index is 2.34. The second-order valence-electron chi connectivity index (χ2n) is 4.71. The van der Waals surface area contributed by atoms with Crippen LogP contribution in [0.5, 0.6) is 0 Å². The Hall–Kier alpha value is -1.54. The van der Waals surface area contributed by atoms with Gasteiger partial charge in [-0.05, 0) is 49.1 Å². The zero-order valence-electron chi connectivity index (χ0n) is 11.4. The molecule has 2 nitrogen and oxygen atoms in total. The zero-order valence-corrected chi connectivity index (χ0v) is 11.4. The second-order valence-corrected chi connectivity index (χ2v) is 4.71. The van der Waals surface area contributed by atoms with Crippen LogP contribution in [0.4, 0.5) is 0 Å². The molecular formula is C16H21NO. The summed E-state index contributed by atoms with van der Waals surface area (Å²) in [5.41, 5.74) is 9.80. The van der Waals surface area contributed by atoms with E-state index in [0.717, 1.165) is 29.9 Å². The average Bonchev–Trinajstić information content (AvgIpc) is 2.88. The summed E-state index contributed by atoms with van der Waals surface area (Å²) in [4.78, 5) is 0. The van der Waals surface area contributed by atoms with Crippen molar-refractivity contribution >= 4 is 0 Å². The van der Waals surface area contributed by atoms with Crippen molar-refractivity contribution in [3.05, 3.63) is 47.2 Å². The quantitative estimate of drug-likeness (QED) is 0.872. The summed E-state index contributed by atoms with van der Waals surface area (Å²) in [6.45, 7) is 6.38. The van der Waals surface area contributed by atoms with E-state index in [1.165, 1.54) is 11.1 Å². The van der Waals surface area contributed by atoms with Crippen LogP contribution >= 0.6 is 0 Å². The summed E-state index contributed by atoms with van der Waals surface area (Å²) in [6.07, 6.45) is 1.93. The van der Waals surface area contributed by atoms with E-state index in [9.17, 15) is 0 Å². The molecule has 18 heavy (non-hydrogen) atoms. The first kappa shape index (κ1) is 12.9. The molecule has 0 spiro atoms. The number of hydrogen-bond acceptors (Lipinski definition) is 2. The van der Waals surface area contributed by atoms with Crippen LogP contribution in [0.25, 0.3) is 11.3 Å². The summed E-state index contributed by atoms with van der Waals surface area (Å²) in [5.74, 6) is 1.77. The van der Waals surface area contributed by atoms with Crippen molar-refractivity contribution in [3.8, 4) is 11.3 Å². The minimum absolute atomic E-state index is 0.00477. The third kappa shape index (κ3) is 2.49. The molecule has 96 valence electrons. The van der Waals surface area contributed by atoms with Crippen molar-refractivity contribution in [2.24, 2.45) is 5.73 Å². The molecule has 1 heterocycles. The highest BCUT2D eigenvalue weighted by Crippen LogP contribution is 2.27. The molecule has 0 aliphatic heterocycles. The Kier molecular flexibility index (Phi) is 3.87. The highest BCUT2D eigenvalue weighted by molar-refractivity contribution is 5.59. The van der Waals surface area contributed by atoms with E-state index in [1.54, 1.807) is 0 Å².